The van der Waals surface area contributed by atoms with E-state index < -0.39 is 11.0 Å². The fraction of sp³-hybridized carbons (Fsp3) is 0.533. The van der Waals surface area contributed by atoms with Crippen LogP contribution in [0.25, 0.3) is 5.69 Å². The number of nitrogens with zero attached hydrogens (tertiary/aromatic N) is 4. The Bertz CT molecular complexity index is 1330. The van der Waals surface area contributed by atoms with E-state index >= 15 is 0 Å². The predicted octanol–water partition coefficient (Wildman–Crippen LogP) is 4.17. The number of methoxy groups -OCH3 is 1. The molecule has 1 saturated carbocycles. The van der Waals surface area contributed by atoms with Crippen LogP contribution < -0.4 is 4.74 Å². The summed E-state index contributed by atoms with van der Waals surface area (Å²) in [6.07, 6.45) is 10.6. The number of aliphatic hydroxyl groups is 1. The molecule has 3 heterocycles. The lowest BCUT2D eigenvalue weighted by Gasteiger charge is -2.65. The molecule has 1 N–H and O–H groups in total. The first kappa shape index (κ1) is 22.5. The van der Waals surface area contributed by atoms with Gasteiger partial charge in [-0.1, -0.05) is 6.07 Å². The zero-order valence-corrected chi connectivity index (χ0v) is 21.6. The minimum absolute atomic E-state index is 0.305. The normalized spacial score (nSPS) is 31.2. The van der Waals surface area contributed by atoms with E-state index in [2.05, 4.69) is 48.0 Å². The number of rotatable bonds is 4. The molecule has 0 amide bonds. The Labute approximate surface area is 213 Å². The van der Waals surface area contributed by atoms with Gasteiger partial charge in [0.2, 0.25) is 0 Å². The Kier molecular flexibility index (Phi) is 4.78. The predicted molar refractivity (Wildman–Crippen MR) is 139 cm³/mol. The Hall–Kier alpha value is -2.70. The van der Waals surface area contributed by atoms with Crippen molar-refractivity contribution < 1.29 is 9.84 Å². The van der Waals surface area contributed by atoms with Crippen LogP contribution in [0.15, 0.2) is 42.7 Å². The molecule has 36 heavy (non-hydrogen) atoms. The van der Waals surface area contributed by atoms with E-state index in [1.54, 1.807) is 13.3 Å². The van der Waals surface area contributed by atoms with E-state index in [1.807, 2.05) is 16.9 Å². The van der Waals surface area contributed by atoms with Crippen LogP contribution in [0.1, 0.15) is 60.7 Å². The molecule has 0 spiro atoms. The molecule has 6 nitrogen and oxygen atoms in total. The van der Waals surface area contributed by atoms with Gasteiger partial charge in [0, 0.05) is 42.2 Å². The fourth-order valence-corrected chi connectivity index (χ4v) is 7.83. The van der Waals surface area contributed by atoms with Gasteiger partial charge in [-0.15, -0.1) is 0 Å². The quantitative estimate of drug-likeness (QED) is 0.602. The van der Waals surface area contributed by atoms with Crippen LogP contribution in [-0.4, -0.2) is 56.1 Å². The second-order valence-corrected chi connectivity index (χ2v) is 11.9. The number of aryl methyl sites for hydroxylation is 1. The molecule has 1 aromatic carbocycles. The summed E-state index contributed by atoms with van der Waals surface area (Å²) < 4.78 is 7.74. The van der Waals surface area contributed by atoms with Crippen LogP contribution >= 0.6 is 0 Å². The van der Waals surface area contributed by atoms with Crippen molar-refractivity contribution in [1.29, 1.82) is 0 Å². The van der Waals surface area contributed by atoms with E-state index in [0.717, 1.165) is 67.5 Å². The van der Waals surface area contributed by atoms with Gasteiger partial charge in [-0.05, 0) is 99.4 Å². The van der Waals surface area contributed by atoms with E-state index in [4.69, 9.17) is 9.84 Å². The third-order valence-electron chi connectivity index (χ3n) is 10.2. The Morgan fingerprint density at radius 1 is 1.17 bits per heavy atom. The topological polar surface area (TPSA) is 63.4 Å². The zero-order valence-electron chi connectivity index (χ0n) is 21.6. The van der Waals surface area contributed by atoms with Crippen molar-refractivity contribution in [2.24, 2.45) is 5.92 Å². The molecule has 2 fully saturated rings. The number of likely N-dealkylation sites (tertiary alicyclic amines) is 1. The molecule has 3 aliphatic carbocycles. The van der Waals surface area contributed by atoms with Gasteiger partial charge in [0.15, 0.2) is 0 Å². The lowest BCUT2D eigenvalue weighted by Crippen LogP contribution is -2.77. The van der Waals surface area contributed by atoms with Crippen molar-refractivity contribution >= 4 is 0 Å². The highest BCUT2D eigenvalue weighted by molar-refractivity contribution is 5.52. The Morgan fingerprint density at radius 2 is 2.03 bits per heavy atom. The average molecular weight is 485 g/mol. The van der Waals surface area contributed by atoms with Crippen molar-refractivity contribution in [2.75, 3.05) is 20.2 Å². The summed E-state index contributed by atoms with van der Waals surface area (Å²) in [6.45, 7) is 6.63. The first-order chi connectivity index (χ1) is 17.4. The molecule has 1 saturated heterocycles. The number of hydrogen-bond donors (Lipinski definition) is 1. The molecular formula is C30H36N4O2. The highest BCUT2D eigenvalue weighted by atomic mass is 16.5. The lowest BCUT2D eigenvalue weighted by molar-refractivity contribution is -0.190. The van der Waals surface area contributed by atoms with Gasteiger partial charge >= 0.3 is 0 Å². The number of piperidine rings is 1. The molecular weight excluding hydrogens is 448 g/mol. The maximum absolute atomic E-state index is 13.2. The highest BCUT2D eigenvalue weighted by Gasteiger charge is 2.68. The number of benzene rings is 1. The third kappa shape index (κ3) is 2.91. The lowest BCUT2D eigenvalue weighted by atomic mass is 9.50. The number of aromatic nitrogens is 3. The maximum atomic E-state index is 13.2. The minimum atomic E-state index is -0.898. The van der Waals surface area contributed by atoms with Crippen LogP contribution in [-0.2, 0) is 24.7 Å². The largest absolute Gasteiger partial charge is 0.497 e. The molecule has 2 bridgehead atoms. The summed E-state index contributed by atoms with van der Waals surface area (Å²) in [4.78, 5) is 7.00. The Balaban J connectivity index is 1.44. The first-order valence-corrected chi connectivity index (χ1v) is 13.5. The summed E-state index contributed by atoms with van der Waals surface area (Å²) in [5.74, 6) is 1.66. The van der Waals surface area contributed by atoms with Gasteiger partial charge in [0.25, 0.3) is 0 Å². The van der Waals surface area contributed by atoms with Crippen LogP contribution in [0, 0.1) is 12.8 Å². The SMILES string of the molecule is COc1ccc2c(c1)[C@]13CCN(CC4CC4)[C@](C)(CC2)[C@]1(O)Cc1c(nn(-c2cccnc2)c1C)C3. The molecule has 7 rings (SSSR count). The molecule has 0 unspecified atom stereocenters. The summed E-state index contributed by atoms with van der Waals surface area (Å²) in [6, 6.07) is 10.6. The second kappa shape index (κ2) is 7.65. The van der Waals surface area contributed by atoms with E-state index in [1.165, 1.54) is 29.5 Å². The van der Waals surface area contributed by atoms with E-state index in [-0.39, 0.29) is 5.54 Å². The van der Waals surface area contributed by atoms with Crippen LogP contribution in [0.4, 0.5) is 0 Å². The zero-order chi connectivity index (χ0) is 24.7. The molecule has 0 radical (unpaired) electrons. The average Bonchev–Trinajstić information content (AvgIpc) is 3.67. The monoisotopic (exact) mass is 484 g/mol. The molecule has 3 atom stereocenters. The van der Waals surface area contributed by atoms with Gasteiger partial charge in [0.05, 0.1) is 30.3 Å². The number of pyridine rings is 1. The maximum Gasteiger partial charge on any atom is 0.119 e. The smallest absolute Gasteiger partial charge is 0.119 e. The third-order valence-corrected chi connectivity index (χ3v) is 10.2. The van der Waals surface area contributed by atoms with Crippen LogP contribution in [0.5, 0.6) is 5.75 Å². The second-order valence-electron chi connectivity index (χ2n) is 11.9. The standard InChI is InChI=1S/C30H36N4O2/c1-20-25-16-30(35)28(2)11-10-22-8-9-24(36-3)15-26(22)29(30,12-14-33(28)19-21-6-7-21)17-27(25)32-34(20)23-5-4-13-31-18-23/h4-5,8-9,13,15,18,21,35H,6-7,10-12,14,16-17,19H2,1-3H3/t28-,29-,30-/m1/s1. The van der Waals surface area contributed by atoms with Crippen molar-refractivity contribution in [3.8, 4) is 11.4 Å². The fourth-order valence-electron chi connectivity index (χ4n) is 7.83. The Morgan fingerprint density at radius 3 is 2.78 bits per heavy atom. The van der Waals surface area contributed by atoms with Gasteiger partial charge in [-0.3, -0.25) is 9.88 Å². The van der Waals surface area contributed by atoms with Gasteiger partial charge in [0.1, 0.15) is 5.75 Å². The van der Waals surface area contributed by atoms with Crippen molar-refractivity contribution in [2.45, 2.75) is 75.3 Å². The summed E-state index contributed by atoms with van der Waals surface area (Å²) in [5, 5.41) is 18.4. The van der Waals surface area contributed by atoms with Crippen LogP contribution in [0.2, 0.25) is 0 Å². The summed E-state index contributed by atoms with van der Waals surface area (Å²) in [7, 11) is 1.74. The van der Waals surface area contributed by atoms with Gasteiger partial charge < -0.3 is 9.84 Å². The molecule has 3 aromatic rings. The highest BCUT2D eigenvalue weighted by Crippen LogP contribution is 2.60. The van der Waals surface area contributed by atoms with Crippen LogP contribution in [0.3, 0.4) is 0 Å². The van der Waals surface area contributed by atoms with Crippen molar-refractivity contribution in [3.63, 3.8) is 0 Å². The molecule has 188 valence electrons. The van der Waals surface area contributed by atoms with E-state index in [0.29, 0.717) is 6.42 Å². The number of ether oxygens (including phenoxy) is 1. The number of hydrogen-bond acceptors (Lipinski definition) is 5. The van der Waals surface area contributed by atoms with Gasteiger partial charge in [-0.25, -0.2) is 4.68 Å². The van der Waals surface area contributed by atoms with E-state index in [9.17, 15) is 5.11 Å². The number of fused-ring (bicyclic) bond motifs is 2. The molecule has 2 aromatic heterocycles. The van der Waals surface area contributed by atoms with Crippen molar-refractivity contribution in [1.82, 2.24) is 19.7 Å². The van der Waals surface area contributed by atoms with Gasteiger partial charge in [-0.2, -0.15) is 5.10 Å². The molecule has 6 heteroatoms. The summed E-state index contributed by atoms with van der Waals surface area (Å²) in [5.41, 5.74) is 5.46. The van der Waals surface area contributed by atoms with Crippen molar-refractivity contribution in [3.05, 3.63) is 70.8 Å². The first-order valence-electron chi connectivity index (χ1n) is 13.5. The molecule has 1 aliphatic heterocycles. The summed E-state index contributed by atoms with van der Waals surface area (Å²) >= 11 is 0. The molecule has 4 aliphatic rings. The minimum Gasteiger partial charge on any atom is -0.497 e.